The third-order valence-corrected chi connectivity index (χ3v) is 6.44. The molecule has 1 atom stereocenters. The predicted octanol–water partition coefficient (Wildman–Crippen LogP) is 1.54. The molecule has 0 aromatic carbocycles. The number of piperazine rings is 1. The molecule has 26 heavy (non-hydrogen) atoms. The summed E-state index contributed by atoms with van der Waals surface area (Å²) in [5.41, 5.74) is 0.0832. The van der Waals surface area contributed by atoms with Crippen molar-refractivity contribution in [3.8, 4) is 0 Å². The second kappa shape index (κ2) is 7.27. The maximum Gasteiger partial charge on any atom is 0.240 e. The van der Waals surface area contributed by atoms with Crippen LogP contribution in [0.15, 0.2) is 4.52 Å². The number of carbonyl (C=O) groups excluding carboxylic acids is 1. The lowest BCUT2D eigenvalue weighted by Gasteiger charge is -2.49. The van der Waals surface area contributed by atoms with Crippen LogP contribution in [0.1, 0.15) is 50.7 Å². The zero-order valence-electron chi connectivity index (χ0n) is 16.1. The SMILES string of the molecule is CCc1noc(CN2CCN(C)[C@]3(CCC(=O)N(CC4CC4)CC3)C2)n1. The van der Waals surface area contributed by atoms with Crippen molar-refractivity contribution < 1.29 is 9.32 Å². The molecule has 0 bridgehead atoms. The van der Waals surface area contributed by atoms with Gasteiger partial charge in [0.2, 0.25) is 11.8 Å². The second-order valence-corrected chi connectivity index (χ2v) is 8.35. The summed E-state index contributed by atoms with van der Waals surface area (Å²) >= 11 is 0. The number of likely N-dealkylation sites (N-methyl/N-ethyl adjacent to an activating group) is 1. The highest BCUT2D eigenvalue weighted by Gasteiger charge is 2.43. The molecule has 0 N–H and O–H groups in total. The van der Waals surface area contributed by atoms with Crippen LogP contribution in [0.2, 0.25) is 0 Å². The van der Waals surface area contributed by atoms with E-state index in [-0.39, 0.29) is 5.54 Å². The zero-order chi connectivity index (χ0) is 18.1. The average Bonchev–Trinajstić information content (AvgIpc) is 3.37. The van der Waals surface area contributed by atoms with Crippen LogP contribution in [0.25, 0.3) is 0 Å². The van der Waals surface area contributed by atoms with E-state index in [4.69, 9.17) is 4.52 Å². The topological polar surface area (TPSA) is 65.7 Å². The van der Waals surface area contributed by atoms with Crippen molar-refractivity contribution in [2.24, 2.45) is 5.92 Å². The summed E-state index contributed by atoms with van der Waals surface area (Å²) in [6.45, 7) is 7.61. The number of rotatable bonds is 5. The molecule has 144 valence electrons. The summed E-state index contributed by atoms with van der Waals surface area (Å²) in [6.07, 6.45) is 6.08. The Morgan fingerprint density at radius 2 is 2.08 bits per heavy atom. The average molecular weight is 361 g/mol. The van der Waals surface area contributed by atoms with Crippen LogP contribution in [0.3, 0.4) is 0 Å². The number of aryl methyl sites for hydroxylation is 1. The number of nitrogens with zero attached hydrogens (tertiary/aromatic N) is 5. The van der Waals surface area contributed by atoms with Crippen molar-refractivity contribution in [2.45, 2.75) is 57.5 Å². The number of hydrogen-bond acceptors (Lipinski definition) is 6. The minimum Gasteiger partial charge on any atom is -0.342 e. The van der Waals surface area contributed by atoms with Gasteiger partial charge in [-0.05, 0) is 38.6 Å². The number of aromatic nitrogens is 2. The molecule has 1 saturated carbocycles. The Balaban J connectivity index is 1.42. The third-order valence-electron chi connectivity index (χ3n) is 6.44. The monoisotopic (exact) mass is 361 g/mol. The fraction of sp³-hybridized carbons (Fsp3) is 0.842. The van der Waals surface area contributed by atoms with E-state index in [0.29, 0.717) is 24.8 Å². The molecule has 0 unspecified atom stereocenters. The fourth-order valence-electron chi connectivity index (χ4n) is 4.40. The standard InChI is InChI=1S/C19H31N5O2/c1-3-16-20-17(26-21-16)13-23-11-10-22(2)19(14-23)7-6-18(25)24(9-8-19)12-15-4-5-15/h15H,3-14H2,1-2H3/t19-/m0/s1. The van der Waals surface area contributed by atoms with Crippen LogP contribution in [-0.4, -0.2) is 76.1 Å². The molecule has 2 aliphatic heterocycles. The van der Waals surface area contributed by atoms with E-state index < -0.39 is 0 Å². The number of likely N-dealkylation sites (tertiary alicyclic amines) is 1. The van der Waals surface area contributed by atoms with Gasteiger partial charge in [0.1, 0.15) is 0 Å². The highest BCUT2D eigenvalue weighted by Crippen LogP contribution is 2.35. The molecule has 7 heteroatoms. The Labute approximate surface area is 155 Å². The van der Waals surface area contributed by atoms with E-state index in [9.17, 15) is 4.79 Å². The Kier molecular flexibility index (Phi) is 5.01. The van der Waals surface area contributed by atoms with Gasteiger partial charge in [-0.15, -0.1) is 0 Å². The van der Waals surface area contributed by atoms with Crippen molar-refractivity contribution in [1.29, 1.82) is 0 Å². The van der Waals surface area contributed by atoms with Crippen LogP contribution in [-0.2, 0) is 17.8 Å². The molecule has 3 heterocycles. The van der Waals surface area contributed by atoms with E-state index in [1.807, 2.05) is 6.92 Å². The Hall–Kier alpha value is -1.47. The smallest absolute Gasteiger partial charge is 0.240 e. The Morgan fingerprint density at radius 1 is 1.23 bits per heavy atom. The van der Waals surface area contributed by atoms with Crippen molar-refractivity contribution >= 4 is 5.91 Å². The maximum absolute atomic E-state index is 12.6. The van der Waals surface area contributed by atoms with Gasteiger partial charge >= 0.3 is 0 Å². The highest BCUT2D eigenvalue weighted by atomic mass is 16.5. The molecule has 0 radical (unpaired) electrons. The summed E-state index contributed by atoms with van der Waals surface area (Å²) in [7, 11) is 2.22. The molecule has 7 nitrogen and oxygen atoms in total. The maximum atomic E-state index is 12.6. The molecule has 1 spiro atoms. The summed E-state index contributed by atoms with van der Waals surface area (Å²) < 4.78 is 5.39. The van der Waals surface area contributed by atoms with Gasteiger partial charge in [-0.3, -0.25) is 14.6 Å². The summed E-state index contributed by atoms with van der Waals surface area (Å²) in [5.74, 6) is 2.60. The van der Waals surface area contributed by atoms with Crippen molar-refractivity contribution in [2.75, 3.05) is 39.8 Å². The molecule has 1 aliphatic carbocycles. The molecular formula is C19H31N5O2. The van der Waals surface area contributed by atoms with Crippen molar-refractivity contribution in [3.05, 3.63) is 11.7 Å². The summed E-state index contributed by atoms with van der Waals surface area (Å²) in [5, 5.41) is 4.01. The molecule has 1 aromatic heterocycles. The number of amides is 1. The Morgan fingerprint density at radius 3 is 2.81 bits per heavy atom. The first-order valence-electron chi connectivity index (χ1n) is 10.1. The first-order chi connectivity index (χ1) is 12.6. The van der Waals surface area contributed by atoms with Gasteiger partial charge in [0.15, 0.2) is 5.82 Å². The molecule has 3 fully saturated rings. The predicted molar refractivity (Wildman–Crippen MR) is 97.5 cm³/mol. The highest BCUT2D eigenvalue weighted by molar-refractivity contribution is 5.76. The molecule has 4 rings (SSSR count). The van der Waals surface area contributed by atoms with Crippen LogP contribution in [0.5, 0.6) is 0 Å². The van der Waals surface area contributed by atoms with Gasteiger partial charge in [0.05, 0.1) is 6.54 Å². The lowest BCUT2D eigenvalue weighted by molar-refractivity contribution is -0.131. The summed E-state index contributed by atoms with van der Waals surface area (Å²) in [4.78, 5) is 24.1. The van der Waals surface area contributed by atoms with Gasteiger partial charge in [-0.2, -0.15) is 4.98 Å². The number of carbonyl (C=O) groups is 1. The first-order valence-corrected chi connectivity index (χ1v) is 10.1. The Bertz CT molecular complexity index is 644. The first kappa shape index (κ1) is 17.9. The summed E-state index contributed by atoms with van der Waals surface area (Å²) in [6, 6.07) is 0. The molecular weight excluding hydrogens is 330 g/mol. The quantitative estimate of drug-likeness (QED) is 0.793. The van der Waals surface area contributed by atoms with E-state index in [0.717, 1.165) is 63.7 Å². The van der Waals surface area contributed by atoms with Gasteiger partial charge in [-0.1, -0.05) is 12.1 Å². The zero-order valence-corrected chi connectivity index (χ0v) is 16.1. The van der Waals surface area contributed by atoms with Gasteiger partial charge in [0.25, 0.3) is 0 Å². The van der Waals surface area contributed by atoms with E-state index in [1.54, 1.807) is 0 Å². The van der Waals surface area contributed by atoms with Crippen LogP contribution >= 0.6 is 0 Å². The van der Waals surface area contributed by atoms with Gasteiger partial charge < -0.3 is 9.42 Å². The van der Waals surface area contributed by atoms with Crippen LogP contribution in [0.4, 0.5) is 0 Å². The second-order valence-electron chi connectivity index (χ2n) is 8.35. The minimum absolute atomic E-state index is 0.0832. The van der Waals surface area contributed by atoms with E-state index in [1.165, 1.54) is 12.8 Å². The fourth-order valence-corrected chi connectivity index (χ4v) is 4.40. The third kappa shape index (κ3) is 3.78. The van der Waals surface area contributed by atoms with Crippen molar-refractivity contribution in [3.63, 3.8) is 0 Å². The molecule has 1 amide bonds. The van der Waals surface area contributed by atoms with E-state index >= 15 is 0 Å². The molecule has 3 aliphatic rings. The lowest BCUT2D eigenvalue weighted by Crippen LogP contribution is -2.60. The molecule has 2 saturated heterocycles. The number of hydrogen-bond donors (Lipinski definition) is 0. The van der Waals surface area contributed by atoms with Gasteiger partial charge in [-0.25, -0.2) is 0 Å². The van der Waals surface area contributed by atoms with Crippen molar-refractivity contribution in [1.82, 2.24) is 24.8 Å². The van der Waals surface area contributed by atoms with Gasteiger partial charge in [0, 0.05) is 51.1 Å². The lowest BCUT2D eigenvalue weighted by atomic mass is 9.86. The molecule has 1 aromatic rings. The van der Waals surface area contributed by atoms with E-state index in [2.05, 4.69) is 31.9 Å². The largest absolute Gasteiger partial charge is 0.342 e. The van der Waals surface area contributed by atoms with Crippen LogP contribution < -0.4 is 0 Å². The van der Waals surface area contributed by atoms with Crippen LogP contribution in [0, 0.1) is 5.92 Å². The normalized spacial score (nSPS) is 28.7. The minimum atomic E-state index is 0.0832.